The van der Waals surface area contributed by atoms with E-state index < -0.39 is 0 Å². The van der Waals surface area contributed by atoms with Gasteiger partial charge >= 0.3 is 0 Å². The van der Waals surface area contributed by atoms with Crippen LogP contribution in [0.2, 0.25) is 0 Å². The van der Waals surface area contributed by atoms with E-state index in [2.05, 4.69) is 32.2 Å². The summed E-state index contributed by atoms with van der Waals surface area (Å²) in [5.74, 6) is 1.07. The van der Waals surface area contributed by atoms with Gasteiger partial charge in [0.1, 0.15) is 0 Å². The number of hydrogen-bond donors (Lipinski definition) is 1. The fourth-order valence-corrected chi connectivity index (χ4v) is 3.11. The maximum absolute atomic E-state index is 10.1. The molecule has 24 heavy (non-hydrogen) atoms. The lowest BCUT2D eigenvalue weighted by atomic mass is 10.1. The van der Waals surface area contributed by atoms with E-state index in [-0.39, 0.29) is 12.1 Å². The van der Waals surface area contributed by atoms with Gasteiger partial charge in [0.15, 0.2) is 0 Å². The van der Waals surface area contributed by atoms with E-state index in [1.54, 1.807) is 12.4 Å². The van der Waals surface area contributed by atoms with Crippen molar-refractivity contribution in [2.45, 2.75) is 25.1 Å². The van der Waals surface area contributed by atoms with E-state index in [1.165, 1.54) is 5.56 Å². The second kappa shape index (κ2) is 6.51. The largest absolute Gasteiger partial charge is 0.392 e. The molecule has 0 aliphatic carbocycles. The molecule has 0 radical (unpaired) electrons. The Morgan fingerprint density at radius 2 is 2.04 bits per heavy atom. The van der Waals surface area contributed by atoms with Gasteiger partial charge in [-0.15, -0.1) is 0 Å². The summed E-state index contributed by atoms with van der Waals surface area (Å²) >= 11 is 0. The number of pyridine rings is 1. The number of aromatic nitrogens is 3. The molecule has 1 fully saturated rings. The van der Waals surface area contributed by atoms with Crippen LogP contribution in [0, 0.1) is 0 Å². The molecule has 2 atom stereocenters. The summed E-state index contributed by atoms with van der Waals surface area (Å²) < 4.78 is 5.48. The van der Waals surface area contributed by atoms with Crippen LogP contribution in [0.4, 0.5) is 0 Å². The normalized spacial score (nSPS) is 21.2. The average molecular weight is 322 g/mol. The van der Waals surface area contributed by atoms with Crippen LogP contribution >= 0.6 is 0 Å². The number of nitrogens with zero attached hydrogens (tertiary/aromatic N) is 4. The van der Waals surface area contributed by atoms with Gasteiger partial charge < -0.3 is 9.63 Å². The fourth-order valence-electron chi connectivity index (χ4n) is 3.11. The zero-order chi connectivity index (χ0) is 16.4. The summed E-state index contributed by atoms with van der Waals surface area (Å²) in [5, 5.41) is 14.2. The molecule has 2 unspecified atom stereocenters. The molecular weight excluding hydrogens is 304 g/mol. The minimum atomic E-state index is -0.382. The van der Waals surface area contributed by atoms with Crippen molar-refractivity contribution in [3.05, 3.63) is 66.3 Å². The van der Waals surface area contributed by atoms with Gasteiger partial charge in [0.25, 0.3) is 0 Å². The Morgan fingerprint density at radius 3 is 2.83 bits per heavy atom. The fraction of sp³-hybridized carbons (Fsp3) is 0.278. The van der Waals surface area contributed by atoms with E-state index in [4.69, 9.17) is 4.52 Å². The van der Waals surface area contributed by atoms with Crippen LogP contribution < -0.4 is 0 Å². The smallest absolute Gasteiger partial charge is 0.244 e. The molecule has 1 aromatic carbocycles. The molecule has 1 aliphatic heterocycles. The number of β-amino-alcohol motifs (C(OH)–C–C–N with tert-alkyl or cyclic N) is 1. The van der Waals surface area contributed by atoms with Gasteiger partial charge in [-0.1, -0.05) is 35.5 Å². The number of aliphatic hydroxyl groups excluding tert-OH is 1. The zero-order valence-corrected chi connectivity index (χ0v) is 13.1. The lowest BCUT2D eigenvalue weighted by Crippen LogP contribution is -2.24. The molecule has 1 N–H and O–H groups in total. The molecule has 4 rings (SSSR count). The maximum atomic E-state index is 10.1. The van der Waals surface area contributed by atoms with Gasteiger partial charge in [0.2, 0.25) is 11.7 Å². The van der Waals surface area contributed by atoms with E-state index >= 15 is 0 Å². The monoisotopic (exact) mass is 322 g/mol. The van der Waals surface area contributed by atoms with Crippen LogP contribution in [0.15, 0.2) is 59.4 Å². The van der Waals surface area contributed by atoms with Crippen molar-refractivity contribution >= 4 is 0 Å². The minimum absolute atomic E-state index is 0.0712. The quantitative estimate of drug-likeness (QED) is 0.795. The Labute approximate surface area is 139 Å². The van der Waals surface area contributed by atoms with Crippen LogP contribution in [0.25, 0.3) is 11.4 Å². The molecule has 0 spiro atoms. The van der Waals surface area contributed by atoms with Crippen LogP contribution in [0.3, 0.4) is 0 Å². The summed E-state index contributed by atoms with van der Waals surface area (Å²) in [5.41, 5.74) is 2.02. The SMILES string of the molecule is OC1CC(c2nc(-c3cccnc3)no2)N(Cc2ccccc2)C1. The number of rotatable bonds is 4. The molecule has 0 bridgehead atoms. The molecule has 3 heterocycles. The predicted octanol–water partition coefficient (Wildman–Crippen LogP) is 2.44. The molecule has 3 aromatic rings. The molecule has 6 nitrogen and oxygen atoms in total. The van der Waals surface area contributed by atoms with Crippen LogP contribution in [-0.4, -0.2) is 37.8 Å². The molecule has 2 aromatic heterocycles. The van der Waals surface area contributed by atoms with Crippen molar-refractivity contribution in [3.8, 4) is 11.4 Å². The minimum Gasteiger partial charge on any atom is -0.392 e. The number of likely N-dealkylation sites (tertiary alicyclic amines) is 1. The van der Waals surface area contributed by atoms with Gasteiger partial charge in [-0.05, 0) is 24.1 Å². The highest BCUT2D eigenvalue weighted by atomic mass is 16.5. The van der Waals surface area contributed by atoms with E-state index in [0.717, 1.165) is 12.1 Å². The molecular formula is C18H18N4O2. The first-order valence-corrected chi connectivity index (χ1v) is 7.99. The van der Waals surface area contributed by atoms with Gasteiger partial charge in [0, 0.05) is 31.0 Å². The Kier molecular flexibility index (Phi) is 4.06. The van der Waals surface area contributed by atoms with Crippen molar-refractivity contribution in [2.75, 3.05) is 6.54 Å². The summed E-state index contributed by atoms with van der Waals surface area (Å²) in [6.45, 7) is 1.34. The first-order chi connectivity index (χ1) is 11.8. The van der Waals surface area contributed by atoms with Crippen molar-refractivity contribution < 1.29 is 9.63 Å². The van der Waals surface area contributed by atoms with Crippen LogP contribution in [-0.2, 0) is 6.54 Å². The Morgan fingerprint density at radius 1 is 1.17 bits per heavy atom. The molecule has 1 saturated heterocycles. The summed E-state index contributed by atoms with van der Waals surface area (Å²) in [6.07, 6.45) is 3.63. The third-order valence-corrected chi connectivity index (χ3v) is 4.26. The number of benzene rings is 1. The maximum Gasteiger partial charge on any atom is 0.244 e. The first kappa shape index (κ1) is 15.0. The molecule has 122 valence electrons. The topological polar surface area (TPSA) is 75.3 Å². The van der Waals surface area contributed by atoms with E-state index in [9.17, 15) is 5.11 Å². The molecule has 0 saturated carbocycles. The Hall–Kier alpha value is -2.57. The third kappa shape index (κ3) is 3.06. The summed E-state index contributed by atoms with van der Waals surface area (Å²) in [6, 6.07) is 13.9. The summed E-state index contributed by atoms with van der Waals surface area (Å²) in [7, 11) is 0. The Bertz CT molecular complexity index is 791. The highest BCUT2D eigenvalue weighted by Gasteiger charge is 2.35. The summed E-state index contributed by atoms with van der Waals surface area (Å²) in [4.78, 5) is 10.8. The van der Waals surface area contributed by atoms with Gasteiger partial charge in [-0.2, -0.15) is 4.98 Å². The molecule has 1 aliphatic rings. The second-order valence-electron chi connectivity index (χ2n) is 6.02. The van der Waals surface area contributed by atoms with Crippen molar-refractivity contribution in [2.24, 2.45) is 0 Å². The van der Waals surface area contributed by atoms with Crippen LogP contribution in [0.1, 0.15) is 23.9 Å². The van der Waals surface area contributed by atoms with E-state index in [1.807, 2.05) is 30.3 Å². The average Bonchev–Trinajstić information content (AvgIpc) is 3.23. The standard InChI is InChI=1S/C18H18N4O2/c23-15-9-16(22(12-15)11-13-5-2-1-3-6-13)18-20-17(21-24-18)14-7-4-8-19-10-14/h1-8,10,15-16,23H,9,11-12H2. The van der Waals surface area contributed by atoms with Gasteiger partial charge in [0.05, 0.1) is 12.1 Å². The van der Waals surface area contributed by atoms with Gasteiger partial charge in [-0.3, -0.25) is 9.88 Å². The number of hydrogen-bond acceptors (Lipinski definition) is 6. The van der Waals surface area contributed by atoms with Crippen molar-refractivity contribution in [1.29, 1.82) is 0 Å². The second-order valence-corrected chi connectivity index (χ2v) is 6.02. The van der Waals surface area contributed by atoms with Crippen molar-refractivity contribution in [1.82, 2.24) is 20.0 Å². The highest BCUT2D eigenvalue weighted by Crippen LogP contribution is 2.33. The molecule has 0 amide bonds. The Balaban J connectivity index is 1.57. The number of aliphatic hydroxyl groups is 1. The lowest BCUT2D eigenvalue weighted by molar-refractivity contribution is 0.169. The van der Waals surface area contributed by atoms with Gasteiger partial charge in [-0.25, -0.2) is 0 Å². The lowest BCUT2D eigenvalue weighted by Gasteiger charge is -2.21. The highest BCUT2D eigenvalue weighted by molar-refractivity contribution is 5.51. The van der Waals surface area contributed by atoms with Crippen LogP contribution in [0.5, 0.6) is 0 Å². The van der Waals surface area contributed by atoms with Crippen molar-refractivity contribution in [3.63, 3.8) is 0 Å². The third-order valence-electron chi connectivity index (χ3n) is 4.26. The van der Waals surface area contributed by atoms with E-state index in [0.29, 0.717) is 24.7 Å². The first-order valence-electron chi connectivity index (χ1n) is 7.99. The predicted molar refractivity (Wildman–Crippen MR) is 87.7 cm³/mol. The molecule has 6 heteroatoms. The zero-order valence-electron chi connectivity index (χ0n) is 13.1.